The summed E-state index contributed by atoms with van der Waals surface area (Å²) >= 11 is 3.65. The van der Waals surface area contributed by atoms with Crippen molar-refractivity contribution in [2.45, 2.75) is 37.5 Å². The number of carboxylic acids is 3. The van der Waals surface area contributed by atoms with Crippen LogP contribution in [0.25, 0.3) is 0 Å². The topological polar surface area (TPSA) is 251 Å². The first-order valence-electron chi connectivity index (χ1n) is 8.84. The van der Waals surface area contributed by atoms with Crippen molar-refractivity contribution in [3.05, 3.63) is 0 Å². The van der Waals surface area contributed by atoms with E-state index in [4.69, 9.17) is 38.3 Å². The number of guanidine groups is 1. The second-order valence-corrected chi connectivity index (χ2v) is 7.59. The molecule has 14 heteroatoms. The Bertz CT molecular complexity index is 539. The predicted molar refractivity (Wildman–Crippen MR) is 114 cm³/mol. The number of aliphatic carboxylic acids is 3. The second-order valence-electron chi connectivity index (χ2n) is 7.22. The Morgan fingerprint density at radius 2 is 1.53 bits per heavy atom. The van der Waals surface area contributed by atoms with Gasteiger partial charge >= 0.3 is 11.9 Å². The van der Waals surface area contributed by atoms with Gasteiger partial charge in [-0.05, 0) is 12.8 Å². The highest BCUT2D eigenvalue weighted by Crippen LogP contribution is 1.97. The standard InChI is InChI=1S/C7H15NO3.C6H14N4O2.C3H7NO2S/c1-8(2,3)5-6(9)4-7(10)11;7-4(5(11)12)2-1-3-10-6(8)9;4-2(1-7)3(5)6/h6,9H,4-5H2,1-3H3;4H,1-3,7H2,(H,11,12)(H4,8,9,10);2,7H,1,4H2,(H,5,6). The molecule has 0 aliphatic carbocycles. The SMILES string of the molecule is C[N+](C)(C)CC(O)CC(=O)[O-].NC(CS)C(=O)O.NC(N)=NCCCC(N)C(=O)O. The van der Waals surface area contributed by atoms with Crippen LogP contribution in [0.3, 0.4) is 0 Å². The van der Waals surface area contributed by atoms with Crippen LogP contribution in [0.2, 0.25) is 0 Å². The van der Waals surface area contributed by atoms with Gasteiger partial charge in [0.1, 0.15) is 24.7 Å². The molecule has 11 N–H and O–H groups in total. The minimum Gasteiger partial charge on any atom is -0.550 e. The molecule has 0 heterocycles. The Kier molecular flexibility index (Phi) is 19.2. The van der Waals surface area contributed by atoms with E-state index in [0.29, 0.717) is 30.4 Å². The lowest BCUT2D eigenvalue weighted by Gasteiger charge is -2.26. The molecule has 0 rings (SSSR count). The summed E-state index contributed by atoms with van der Waals surface area (Å²) in [4.78, 5) is 33.7. The molecular formula is C16H36N6O7S. The van der Waals surface area contributed by atoms with Crippen LogP contribution in [0, 0.1) is 0 Å². The molecule has 0 aromatic rings. The van der Waals surface area contributed by atoms with Crippen LogP contribution in [0.15, 0.2) is 4.99 Å². The number of carboxylic acid groups (broad SMARTS) is 3. The van der Waals surface area contributed by atoms with Crippen LogP contribution in [-0.2, 0) is 14.4 Å². The molecule has 0 fully saturated rings. The van der Waals surface area contributed by atoms with E-state index >= 15 is 0 Å². The number of likely N-dealkylation sites (N-methyl/N-ethyl adjacent to an activating group) is 1. The molecule has 0 saturated heterocycles. The molecule has 30 heavy (non-hydrogen) atoms. The van der Waals surface area contributed by atoms with Gasteiger partial charge in [0.2, 0.25) is 0 Å². The third kappa shape index (κ3) is 28.1. The molecule has 13 nitrogen and oxygen atoms in total. The largest absolute Gasteiger partial charge is 0.550 e. The number of aliphatic imine (C=N–C) groups is 1. The van der Waals surface area contributed by atoms with Gasteiger partial charge in [-0.1, -0.05) is 0 Å². The fourth-order valence-electron chi connectivity index (χ4n) is 1.61. The molecule has 0 aliphatic rings. The number of hydrogen-bond acceptors (Lipinski definition) is 9. The first kappa shape index (κ1) is 32.5. The third-order valence-corrected chi connectivity index (χ3v) is 3.35. The Balaban J connectivity index is -0.000000378. The summed E-state index contributed by atoms with van der Waals surface area (Å²) < 4.78 is 0.550. The van der Waals surface area contributed by atoms with Crippen LogP contribution < -0.4 is 28.0 Å². The van der Waals surface area contributed by atoms with E-state index in [9.17, 15) is 19.5 Å². The quantitative estimate of drug-likeness (QED) is 0.0488. The molecule has 0 spiro atoms. The minimum absolute atomic E-state index is 0.0129. The highest BCUT2D eigenvalue weighted by Gasteiger charge is 2.15. The fraction of sp³-hybridized carbons (Fsp3) is 0.750. The van der Waals surface area contributed by atoms with Gasteiger partial charge in [-0.15, -0.1) is 0 Å². The lowest BCUT2D eigenvalue weighted by molar-refractivity contribution is -0.873. The highest BCUT2D eigenvalue weighted by molar-refractivity contribution is 7.80. The summed E-state index contributed by atoms with van der Waals surface area (Å²) in [5.74, 6) is -3.01. The lowest BCUT2D eigenvalue weighted by atomic mass is 10.2. The van der Waals surface area contributed by atoms with Crippen molar-refractivity contribution in [1.29, 1.82) is 0 Å². The van der Waals surface area contributed by atoms with Crippen molar-refractivity contribution in [2.75, 3.05) is 40.0 Å². The molecule has 0 amide bonds. The van der Waals surface area contributed by atoms with Gasteiger partial charge in [0.05, 0.1) is 21.1 Å². The normalized spacial score (nSPS) is 13.3. The number of nitrogens with zero attached hydrogens (tertiary/aromatic N) is 2. The highest BCUT2D eigenvalue weighted by atomic mass is 32.1. The van der Waals surface area contributed by atoms with E-state index in [1.807, 2.05) is 21.1 Å². The van der Waals surface area contributed by atoms with E-state index in [1.54, 1.807) is 0 Å². The number of aliphatic hydroxyl groups is 1. The van der Waals surface area contributed by atoms with E-state index in [2.05, 4.69) is 17.6 Å². The minimum atomic E-state index is -1.20. The van der Waals surface area contributed by atoms with Crippen LogP contribution in [0.4, 0.5) is 0 Å². The van der Waals surface area contributed by atoms with Gasteiger partial charge in [-0.3, -0.25) is 14.6 Å². The molecule has 0 radical (unpaired) electrons. The number of carbonyl (C=O) groups excluding carboxylic acids is 1. The summed E-state index contributed by atoms with van der Waals surface area (Å²) in [6.07, 6.45) is -0.132. The molecule has 0 saturated carbocycles. The summed E-state index contributed by atoms with van der Waals surface area (Å²) in [5.41, 5.74) is 20.3. The van der Waals surface area contributed by atoms with Crippen LogP contribution in [-0.4, -0.2) is 102 Å². The zero-order chi connectivity index (χ0) is 24.5. The maximum Gasteiger partial charge on any atom is 0.321 e. The average Bonchev–Trinajstić information content (AvgIpc) is 2.56. The first-order valence-corrected chi connectivity index (χ1v) is 9.48. The van der Waals surface area contributed by atoms with Gasteiger partial charge in [0.15, 0.2) is 5.96 Å². The zero-order valence-corrected chi connectivity index (χ0v) is 18.5. The molecule has 0 aliphatic heterocycles. The van der Waals surface area contributed by atoms with Crippen molar-refractivity contribution in [1.82, 2.24) is 0 Å². The van der Waals surface area contributed by atoms with Gasteiger partial charge in [-0.2, -0.15) is 12.6 Å². The van der Waals surface area contributed by atoms with E-state index in [1.165, 1.54) is 0 Å². The molecule has 3 atom stereocenters. The average molecular weight is 457 g/mol. The molecular weight excluding hydrogens is 420 g/mol. The maximum absolute atomic E-state index is 10.2. The smallest absolute Gasteiger partial charge is 0.321 e. The monoisotopic (exact) mass is 456 g/mol. The number of hydrogen-bond donors (Lipinski definition) is 8. The van der Waals surface area contributed by atoms with Crippen molar-refractivity contribution in [3.8, 4) is 0 Å². The molecule has 3 unspecified atom stereocenters. The first-order chi connectivity index (χ1) is 13.5. The van der Waals surface area contributed by atoms with Gasteiger partial charge < -0.3 is 52.6 Å². The molecule has 0 bridgehead atoms. The number of rotatable bonds is 11. The Hall–Kier alpha value is -2.13. The maximum atomic E-state index is 10.2. The van der Waals surface area contributed by atoms with Crippen molar-refractivity contribution in [2.24, 2.45) is 27.9 Å². The van der Waals surface area contributed by atoms with E-state index in [0.717, 1.165) is 0 Å². The second kappa shape index (κ2) is 17.7. The van der Waals surface area contributed by atoms with Gasteiger partial charge in [0, 0.05) is 24.7 Å². The number of thiol groups is 1. The summed E-state index contributed by atoms with van der Waals surface area (Å²) in [6, 6.07) is -1.64. The molecule has 178 valence electrons. The number of aliphatic hydroxyl groups excluding tert-OH is 1. The fourth-order valence-corrected chi connectivity index (χ4v) is 1.77. The number of carbonyl (C=O) groups is 3. The third-order valence-electron chi connectivity index (χ3n) is 2.96. The Morgan fingerprint density at radius 3 is 1.80 bits per heavy atom. The Labute approximate surface area is 181 Å². The van der Waals surface area contributed by atoms with Crippen LogP contribution >= 0.6 is 12.6 Å². The summed E-state index contributed by atoms with van der Waals surface area (Å²) in [5, 5.41) is 35.5. The Morgan fingerprint density at radius 1 is 1.07 bits per heavy atom. The predicted octanol–water partition coefficient (Wildman–Crippen LogP) is -4.03. The molecule has 0 aromatic carbocycles. The lowest BCUT2D eigenvalue weighted by Crippen LogP contribution is -2.43. The number of quaternary nitrogens is 1. The van der Waals surface area contributed by atoms with Crippen LogP contribution in [0.5, 0.6) is 0 Å². The van der Waals surface area contributed by atoms with E-state index < -0.39 is 36.1 Å². The zero-order valence-electron chi connectivity index (χ0n) is 17.6. The van der Waals surface area contributed by atoms with E-state index in [-0.39, 0.29) is 18.1 Å². The van der Waals surface area contributed by atoms with Crippen molar-refractivity contribution in [3.63, 3.8) is 0 Å². The van der Waals surface area contributed by atoms with Gasteiger partial charge in [0.25, 0.3) is 0 Å². The molecule has 0 aromatic heterocycles. The summed E-state index contributed by atoms with van der Waals surface area (Å²) in [7, 11) is 5.66. The van der Waals surface area contributed by atoms with Crippen molar-refractivity contribution < 1.29 is 39.3 Å². The number of nitrogens with two attached hydrogens (primary N) is 4. The van der Waals surface area contributed by atoms with Crippen molar-refractivity contribution >= 4 is 36.5 Å². The van der Waals surface area contributed by atoms with Crippen LogP contribution in [0.1, 0.15) is 19.3 Å². The van der Waals surface area contributed by atoms with Gasteiger partial charge in [-0.25, -0.2) is 0 Å². The summed E-state index contributed by atoms with van der Waals surface area (Å²) in [6.45, 7) is 0.845.